The van der Waals surface area contributed by atoms with Crippen molar-refractivity contribution in [2.75, 3.05) is 0 Å². The van der Waals surface area contributed by atoms with Crippen LogP contribution < -0.4 is 10.9 Å². The van der Waals surface area contributed by atoms with Crippen LogP contribution in [-0.4, -0.2) is 16.8 Å². The van der Waals surface area contributed by atoms with Crippen molar-refractivity contribution >= 4 is 22.7 Å². The highest BCUT2D eigenvalue weighted by molar-refractivity contribution is 6.07. The number of hydrazine groups is 1. The quantitative estimate of drug-likeness (QED) is 0.649. The Morgan fingerprint density at radius 1 is 1.00 bits per heavy atom. The van der Waals surface area contributed by atoms with E-state index in [2.05, 4.69) is 15.8 Å². The van der Waals surface area contributed by atoms with Crippen LogP contribution >= 0.6 is 0 Å². The highest BCUT2D eigenvalue weighted by Gasteiger charge is 2.12. The summed E-state index contributed by atoms with van der Waals surface area (Å²) in [6.07, 6.45) is 1.64. The van der Waals surface area contributed by atoms with Crippen molar-refractivity contribution in [3.05, 3.63) is 71.7 Å². The minimum absolute atomic E-state index is 0.0500. The second-order valence-electron chi connectivity index (χ2n) is 5.05. The largest absolute Gasteiger partial charge is 0.360 e. The molecule has 0 aliphatic carbocycles. The van der Waals surface area contributed by atoms with Crippen molar-refractivity contribution < 1.29 is 14.0 Å². The number of para-hydroxylation sites is 1. The Hall–Kier alpha value is -3.15. The minimum atomic E-state index is -0.407. The van der Waals surface area contributed by atoms with Gasteiger partial charge in [0.2, 0.25) is 5.91 Å². The number of halogens is 1. The molecule has 0 fully saturated rings. The van der Waals surface area contributed by atoms with Crippen LogP contribution in [0.15, 0.2) is 54.7 Å². The third kappa shape index (κ3) is 3.37. The smallest absolute Gasteiger partial charge is 0.271 e. The molecule has 1 aromatic heterocycles. The van der Waals surface area contributed by atoms with Gasteiger partial charge in [0.15, 0.2) is 0 Å². The first-order valence-corrected chi connectivity index (χ1v) is 7.03. The molecule has 6 heteroatoms. The number of aromatic nitrogens is 1. The molecule has 0 bridgehead atoms. The van der Waals surface area contributed by atoms with Gasteiger partial charge in [-0.15, -0.1) is 0 Å². The fraction of sp³-hybridized carbons (Fsp3) is 0.0588. The molecule has 23 heavy (non-hydrogen) atoms. The lowest BCUT2D eigenvalue weighted by molar-refractivity contribution is -0.121. The van der Waals surface area contributed by atoms with E-state index in [1.54, 1.807) is 6.20 Å². The summed E-state index contributed by atoms with van der Waals surface area (Å²) >= 11 is 0. The zero-order chi connectivity index (χ0) is 16.2. The molecule has 3 rings (SSSR count). The lowest BCUT2D eigenvalue weighted by Crippen LogP contribution is -2.42. The van der Waals surface area contributed by atoms with Gasteiger partial charge in [-0.25, -0.2) is 4.39 Å². The Labute approximate surface area is 131 Å². The predicted octanol–water partition coefficient (Wildman–Crippen LogP) is 2.31. The SMILES string of the molecule is O=C(Cc1ccc(F)cc1)NNC(=O)c1c[nH]c2ccccc12. The third-order valence-corrected chi connectivity index (χ3v) is 3.43. The highest BCUT2D eigenvalue weighted by Crippen LogP contribution is 2.17. The van der Waals surface area contributed by atoms with Crippen LogP contribution in [0.3, 0.4) is 0 Å². The number of carbonyl (C=O) groups excluding carboxylic acids is 2. The molecule has 0 saturated carbocycles. The van der Waals surface area contributed by atoms with E-state index < -0.39 is 5.91 Å². The Balaban J connectivity index is 1.60. The average Bonchev–Trinajstić information content (AvgIpc) is 2.99. The lowest BCUT2D eigenvalue weighted by Gasteiger charge is -2.07. The minimum Gasteiger partial charge on any atom is -0.360 e. The van der Waals surface area contributed by atoms with Crippen molar-refractivity contribution in [2.45, 2.75) is 6.42 Å². The first kappa shape index (κ1) is 14.8. The maximum atomic E-state index is 12.8. The molecule has 0 unspecified atom stereocenters. The number of fused-ring (bicyclic) bond motifs is 1. The van der Waals surface area contributed by atoms with Crippen LogP contribution in [0.4, 0.5) is 4.39 Å². The number of hydrogen-bond acceptors (Lipinski definition) is 2. The van der Waals surface area contributed by atoms with E-state index in [4.69, 9.17) is 0 Å². The molecule has 0 aliphatic heterocycles. The molecule has 3 aromatic rings. The molecule has 0 aliphatic rings. The van der Waals surface area contributed by atoms with Crippen LogP contribution in [0.2, 0.25) is 0 Å². The number of benzene rings is 2. The van der Waals surface area contributed by atoms with Gasteiger partial charge in [0.1, 0.15) is 5.82 Å². The van der Waals surface area contributed by atoms with E-state index in [-0.39, 0.29) is 18.1 Å². The summed E-state index contributed by atoms with van der Waals surface area (Å²) in [6.45, 7) is 0. The molecular weight excluding hydrogens is 297 g/mol. The van der Waals surface area contributed by atoms with Gasteiger partial charge in [0.25, 0.3) is 5.91 Å². The topological polar surface area (TPSA) is 74.0 Å². The van der Waals surface area contributed by atoms with E-state index in [1.165, 1.54) is 24.3 Å². The molecule has 0 saturated heterocycles. The molecule has 5 nitrogen and oxygen atoms in total. The van der Waals surface area contributed by atoms with E-state index in [0.717, 1.165) is 10.9 Å². The maximum absolute atomic E-state index is 12.8. The zero-order valence-corrected chi connectivity index (χ0v) is 12.1. The van der Waals surface area contributed by atoms with Gasteiger partial charge < -0.3 is 4.98 Å². The zero-order valence-electron chi connectivity index (χ0n) is 12.1. The Kier molecular flexibility index (Phi) is 4.05. The summed E-state index contributed by atoms with van der Waals surface area (Å²) < 4.78 is 12.8. The Morgan fingerprint density at radius 3 is 2.52 bits per heavy atom. The summed E-state index contributed by atoms with van der Waals surface area (Å²) in [4.78, 5) is 26.9. The number of H-pyrrole nitrogens is 1. The number of hydrogen-bond donors (Lipinski definition) is 3. The molecule has 0 atom stereocenters. The van der Waals surface area contributed by atoms with E-state index in [0.29, 0.717) is 11.1 Å². The van der Waals surface area contributed by atoms with Crippen LogP contribution in [0.5, 0.6) is 0 Å². The number of nitrogens with one attached hydrogen (secondary N) is 3. The highest BCUT2D eigenvalue weighted by atomic mass is 19.1. The van der Waals surface area contributed by atoms with Gasteiger partial charge in [-0.1, -0.05) is 30.3 Å². The van der Waals surface area contributed by atoms with E-state index in [9.17, 15) is 14.0 Å². The summed E-state index contributed by atoms with van der Waals surface area (Å²) in [6, 6.07) is 13.0. The molecule has 0 radical (unpaired) electrons. The van der Waals surface area contributed by atoms with Gasteiger partial charge in [0.05, 0.1) is 12.0 Å². The van der Waals surface area contributed by atoms with Gasteiger partial charge in [0, 0.05) is 17.1 Å². The monoisotopic (exact) mass is 311 g/mol. The maximum Gasteiger partial charge on any atom is 0.271 e. The fourth-order valence-electron chi connectivity index (χ4n) is 2.29. The normalized spacial score (nSPS) is 10.5. The van der Waals surface area contributed by atoms with Gasteiger partial charge in [-0.3, -0.25) is 20.4 Å². The van der Waals surface area contributed by atoms with Crippen LogP contribution in [0.25, 0.3) is 10.9 Å². The summed E-state index contributed by atoms with van der Waals surface area (Å²) in [5.74, 6) is -1.15. The summed E-state index contributed by atoms with van der Waals surface area (Å²) in [7, 11) is 0. The Bertz CT molecular complexity index is 856. The first-order valence-electron chi connectivity index (χ1n) is 7.03. The molecule has 1 heterocycles. The van der Waals surface area contributed by atoms with Crippen LogP contribution in [0.1, 0.15) is 15.9 Å². The van der Waals surface area contributed by atoms with Crippen molar-refractivity contribution in [3.63, 3.8) is 0 Å². The predicted molar refractivity (Wildman–Crippen MR) is 84.0 cm³/mol. The fourth-order valence-corrected chi connectivity index (χ4v) is 2.29. The van der Waals surface area contributed by atoms with E-state index >= 15 is 0 Å². The number of rotatable bonds is 3. The van der Waals surface area contributed by atoms with Crippen LogP contribution in [0, 0.1) is 5.82 Å². The van der Waals surface area contributed by atoms with Crippen LogP contribution in [-0.2, 0) is 11.2 Å². The van der Waals surface area contributed by atoms with Gasteiger partial charge >= 0.3 is 0 Å². The van der Waals surface area contributed by atoms with Gasteiger partial charge in [-0.2, -0.15) is 0 Å². The summed E-state index contributed by atoms with van der Waals surface area (Å²) in [5.41, 5.74) is 6.68. The van der Waals surface area contributed by atoms with Crippen molar-refractivity contribution in [2.24, 2.45) is 0 Å². The number of amides is 2. The van der Waals surface area contributed by atoms with E-state index in [1.807, 2.05) is 24.3 Å². The number of aromatic amines is 1. The second-order valence-corrected chi connectivity index (χ2v) is 5.05. The molecule has 116 valence electrons. The van der Waals surface area contributed by atoms with Crippen molar-refractivity contribution in [3.8, 4) is 0 Å². The van der Waals surface area contributed by atoms with Gasteiger partial charge in [-0.05, 0) is 23.8 Å². The Morgan fingerprint density at radius 2 is 1.74 bits per heavy atom. The molecule has 2 aromatic carbocycles. The molecule has 0 spiro atoms. The first-order chi connectivity index (χ1) is 11.1. The lowest BCUT2D eigenvalue weighted by atomic mass is 10.1. The molecular formula is C17H14FN3O2. The molecule has 3 N–H and O–H groups in total. The van der Waals surface area contributed by atoms with Crippen molar-refractivity contribution in [1.82, 2.24) is 15.8 Å². The summed E-state index contributed by atoms with van der Waals surface area (Å²) in [5, 5.41) is 0.776. The molecule has 2 amide bonds. The van der Waals surface area contributed by atoms with Crippen molar-refractivity contribution in [1.29, 1.82) is 0 Å². The number of carbonyl (C=O) groups is 2. The average molecular weight is 311 g/mol. The third-order valence-electron chi connectivity index (χ3n) is 3.43. The second kappa shape index (κ2) is 6.31. The standard InChI is InChI=1S/C17H14FN3O2/c18-12-7-5-11(6-8-12)9-16(22)20-21-17(23)14-10-19-15-4-2-1-3-13(14)15/h1-8,10,19H,9H2,(H,20,22)(H,21,23).